The van der Waals surface area contributed by atoms with E-state index >= 15 is 0 Å². The number of fused-ring (bicyclic) bond motifs is 2. The standard InChI is InChI=1S/C61H72ClF3N12O4/c62-47-13-11-45(12-14-47)53(70-59(81)60(66)21-29-75(30-22-60)56-51-15-23-67-55(51)68-41-69-56)20-26-71-31-35-74(36-32-71)54(78)40-72-24-16-42(17-25-72)39-73-33-37-77(38-34-73)57(79)46-9-7-43(8-10-46)44-18-27-76(28-19-44)58(80)50-5-1-4-49-48(50)3-2-6-52(49)61(63,64)65/h1-15,23,41-42,44,53H,16-22,24-40,66H2,(H,70,81)(H,67,68,69)/t53-/m0/s1. The van der Waals surface area contributed by atoms with Crippen molar-refractivity contribution >= 4 is 62.9 Å². The Kier molecular flexibility index (Phi) is 17.0. The second kappa shape index (κ2) is 24.4. The number of halogens is 4. The lowest BCUT2D eigenvalue weighted by atomic mass is 9.87. The van der Waals surface area contributed by atoms with Crippen molar-refractivity contribution in [2.75, 3.05) is 116 Å². The molecule has 428 valence electrons. The molecule has 0 bridgehead atoms. The summed E-state index contributed by atoms with van der Waals surface area (Å²) >= 11 is 6.28. The first kappa shape index (κ1) is 56.2. The van der Waals surface area contributed by atoms with Gasteiger partial charge in [-0.3, -0.25) is 33.9 Å². The maximum absolute atomic E-state index is 14.0. The average molecular weight is 1130 g/mol. The number of hydrogen-bond acceptors (Lipinski definition) is 11. The van der Waals surface area contributed by atoms with Gasteiger partial charge < -0.3 is 35.6 Å². The van der Waals surface area contributed by atoms with Gasteiger partial charge in [0, 0.05) is 114 Å². The van der Waals surface area contributed by atoms with Crippen molar-refractivity contribution < 1.29 is 32.3 Å². The van der Waals surface area contributed by atoms with Gasteiger partial charge in [0.1, 0.15) is 17.8 Å². The summed E-state index contributed by atoms with van der Waals surface area (Å²) in [6.45, 7) is 12.0. The summed E-state index contributed by atoms with van der Waals surface area (Å²) in [7, 11) is 0. The van der Waals surface area contributed by atoms with E-state index in [4.69, 9.17) is 17.3 Å². The lowest BCUT2D eigenvalue weighted by Gasteiger charge is -2.40. The smallest absolute Gasteiger partial charge is 0.356 e. The maximum Gasteiger partial charge on any atom is 0.417 e. The van der Waals surface area contributed by atoms with Crippen molar-refractivity contribution in [3.8, 4) is 0 Å². The summed E-state index contributed by atoms with van der Waals surface area (Å²) in [5.41, 5.74) is 8.92. The lowest BCUT2D eigenvalue weighted by molar-refractivity contribution is -0.136. The number of nitrogens with zero attached hydrogens (tertiary/aromatic N) is 9. The van der Waals surface area contributed by atoms with Gasteiger partial charge in [-0.15, -0.1) is 0 Å². The molecule has 16 nitrogen and oxygen atoms in total. The number of nitrogens with one attached hydrogen (secondary N) is 2. The minimum Gasteiger partial charge on any atom is -0.356 e. The zero-order valence-electron chi connectivity index (χ0n) is 45.8. The highest BCUT2D eigenvalue weighted by Crippen LogP contribution is 2.37. The van der Waals surface area contributed by atoms with Crippen molar-refractivity contribution in [1.82, 2.24) is 49.7 Å². The number of rotatable bonds is 14. The third-order valence-electron chi connectivity index (χ3n) is 17.9. The normalized spacial score (nSPS) is 19.8. The third kappa shape index (κ3) is 12.9. The van der Waals surface area contributed by atoms with Gasteiger partial charge in [0.05, 0.1) is 29.1 Å². The summed E-state index contributed by atoms with van der Waals surface area (Å²) in [6.07, 6.45) is 4.06. The van der Waals surface area contributed by atoms with Crippen LogP contribution in [0, 0.1) is 5.92 Å². The molecule has 0 aliphatic carbocycles. The maximum atomic E-state index is 14.0. The van der Waals surface area contributed by atoms with Gasteiger partial charge in [0.15, 0.2) is 0 Å². The number of carbonyl (C=O) groups is 4. The van der Waals surface area contributed by atoms with Crippen LogP contribution in [0.4, 0.5) is 19.0 Å². The molecule has 4 N–H and O–H groups in total. The quantitative estimate of drug-likeness (QED) is 0.0979. The number of hydrogen-bond donors (Lipinski definition) is 3. The number of likely N-dealkylation sites (tertiary alicyclic amines) is 2. The first-order valence-corrected chi connectivity index (χ1v) is 29.1. The molecule has 7 heterocycles. The summed E-state index contributed by atoms with van der Waals surface area (Å²) in [5, 5.41) is 5.23. The van der Waals surface area contributed by atoms with Crippen LogP contribution in [0.5, 0.6) is 0 Å². The Bertz CT molecular complexity index is 3180. The van der Waals surface area contributed by atoms with Gasteiger partial charge in [-0.05, 0) is 134 Å². The van der Waals surface area contributed by atoms with Crippen molar-refractivity contribution in [3.63, 3.8) is 0 Å². The molecule has 2 aromatic heterocycles. The van der Waals surface area contributed by atoms with Crippen LogP contribution in [0.3, 0.4) is 0 Å². The third-order valence-corrected chi connectivity index (χ3v) is 18.1. The van der Waals surface area contributed by atoms with E-state index in [1.807, 2.05) is 70.6 Å². The number of aromatic amines is 1. The van der Waals surface area contributed by atoms with Gasteiger partial charge in [-0.25, -0.2) is 9.97 Å². The largest absolute Gasteiger partial charge is 0.417 e. The van der Waals surface area contributed by atoms with E-state index in [1.165, 1.54) is 18.2 Å². The van der Waals surface area contributed by atoms with Crippen LogP contribution in [0.1, 0.15) is 94.3 Å². The van der Waals surface area contributed by atoms with Crippen LogP contribution in [0.25, 0.3) is 21.8 Å². The topological polar surface area (TPSA) is 171 Å². The Hall–Kier alpha value is -6.64. The molecule has 1 atom stereocenters. The Morgan fingerprint density at radius 1 is 0.679 bits per heavy atom. The molecule has 4 amide bonds. The van der Waals surface area contributed by atoms with Crippen molar-refractivity contribution in [1.29, 1.82) is 0 Å². The number of H-pyrrole nitrogens is 1. The Morgan fingerprint density at radius 2 is 1.33 bits per heavy atom. The minimum atomic E-state index is -4.52. The monoisotopic (exact) mass is 1130 g/mol. The highest BCUT2D eigenvalue weighted by molar-refractivity contribution is 6.30. The fraction of sp³-hybridized carbons (Fsp3) is 0.475. The molecule has 81 heavy (non-hydrogen) atoms. The summed E-state index contributed by atoms with van der Waals surface area (Å²) in [6, 6.07) is 25.7. The van der Waals surface area contributed by atoms with Crippen LogP contribution < -0.4 is 16.0 Å². The average Bonchev–Trinajstić information content (AvgIpc) is 4.13. The van der Waals surface area contributed by atoms with Gasteiger partial charge in [0.2, 0.25) is 11.8 Å². The fourth-order valence-corrected chi connectivity index (χ4v) is 13.0. The molecule has 5 aliphatic rings. The van der Waals surface area contributed by atoms with Crippen LogP contribution in [-0.2, 0) is 15.8 Å². The van der Waals surface area contributed by atoms with Gasteiger partial charge in [0.25, 0.3) is 11.8 Å². The number of anilines is 1. The zero-order valence-corrected chi connectivity index (χ0v) is 46.5. The van der Waals surface area contributed by atoms with Crippen molar-refractivity contribution in [2.24, 2.45) is 11.7 Å². The molecule has 5 saturated heterocycles. The van der Waals surface area contributed by atoms with Crippen LogP contribution in [0.2, 0.25) is 5.02 Å². The second-order valence-corrected chi connectivity index (χ2v) is 23.3. The molecule has 5 fully saturated rings. The van der Waals surface area contributed by atoms with Crippen LogP contribution in [-0.4, -0.2) is 185 Å². The summed E-state index contributed by atoms with van der Waals surface area (Å²) < 4.78 is 41.2. The Balaban J connectivity index is 0.574. The molecular weight excluding hydrogens is 1060 g/mol. The van der Waals surface area contributed by atoms with E-state index in [2.05, 4.69) is 39.9 Å². The Morgan fingerprint density at radius 3 is 2.04 bits per heavy atom. The molecule has 5 aliphatic heterocycles. The summed E-state index contributed by atoms with van der Waals surface area (Å²) in [4.78, 5) is 81.9. The molecule has 4 aromatic carbocycles. The predicted octanol–water partition coefficient (Wildman–Crippen LogP) is 7.66. The minimum absolute atomic E-state index is 0.0268. The van der Waals surface area contributed by atoms with E-state index in [-0.39, 0.29) is 46.5 Å². The van der Waals surface area contributed by atoms with E-state index in [9.17, 15) is 32.3 Å². The van der Waals surface area contributed by atoms with Gasteiger partial charge in [-0.2, -0.15) is 13.2 Å². The second-order valence-electron chi connectivity index (χ2n) is 22.9. The molecule has 0 saturated carbocycles. The fourth-order valence-electron chi connectivity index (χ4n) is 12.8. The van der Waals surface area contributed by atoms with Crippen molar-refractivity contribution in [2.45, 2.75) is 68.6 Å². The number of aromatic nitrogens is 3. The van der Waals surface area contributed by atoms with Crippen molar-refractivity contribution in [3.05, 3.63) is 136 Å². The number of amides is 4. The SMILES string of the molecule is NC1(C(=O)N[C@@H](CCN2CCN(C(=O)CN3CCC(CN4CCN(C(=O)c5ccc(C6CCN(C(=O)c7cccc8c(C(F)(F)F)cccc78)CC6)cc5)CC4)CC3)CC2)c2ccc(Cl)cc2)CCN(c2ncnc3[nH]ccc23)CC1. The first-order chi connectivity index (χ1) is 39.2. The Labute approximate surface area is 475 Å². The van der Waals surface area contributed by atoms with E-state index in [0.29, 0.717) is 100 Å². The number of piperazine rings is 2. The zero-order chi connectivity index (χ0) is 56.3. The molecular formula is C61H72ClF3N12O4. The number of benzene rings is 4. The number of piperidine rings is 3. The molecule has 20 heteroatoms. The molecule has 0 spiro atoms. The number of nitrogens with two attached hydrogens (primary N) is 1. The van der Waals surface area contributed by atoms with Gasteiger partial charge in [-0.1, -0.05) is 60.1 Å². The summed E-state index contributed by atoms with van der Waals surface area (Å²) in [5.74, 6) is 1.38. The van der Waals surface area contributed by atoms with Crippen LogP contribution in [0.15, 0.2) is 104 Å². The van der Waals surface area contributed by atoms with Gasteiger partial charge >= 0.3 is 6.18 Å². The van der Waals surface area contributed by atoms with E-state index in [0.717, 1.165) is 112 Å². The highest BCUT2D eigenvalue weighted by atomic mass is 35.5. The molecule has 6 aromatic rings. The van der Waals surface area contributed by atoms with Crippen LogP contribution >= 0.6 is 11.6 Å². The van der Waals surface area contributed by atoms with E-state index < -0.39 is 17.3 Å². The predicted molar refractivity (Wildman–Crippen MR) is 307 cm³/mol. The molecule has 0 unspecified atom stereocenters. The molecule has 0 radical (unpaired) electrons. The molecule has 11 rings (SSSR count). The lowest BCUT2D eigenvalue weighted by Crippen LogP contribution is -2.60. The number of carbonyl (C=O) groups excluding carboxylic acids is 4. The van der Waals surface area contributed by atoms with E-state index in [1.54, 1.807) is 23.4 Å². The highest BCUT2D eigenvalue weighted by Gasteiger charge is 2.40. The first-order valence-electron chi connectivity index (χ1n) is 28.8. The number of alkyl halides is 3.